The highest BCUT2D eigenvalue weighted by molar-refractivity contribution is 5.42. The van der Waals surface area contributed by atoms with E-state index in [0.717, 1.165) is 30.5 Å². The SMILES string of the molecule is Cc1ccc(CCC2CCCCCN2)cc1[N+](=O)[O-]. The number of hydrogen-bond donors (Lipinski definition) is 1. The van der Waals surface area contributed by atoms with E-state index < -0.39 is 0 Å². The van der Waals surface area contributed by atoms with Gasteiger partial charge < -0.3 is 5.32 Å². The molecule has 19 heavy (non-hydrogen) atoms. The largest absolute Gasteiger partial charge is 0.314 e. The van der Waals surface area contributed by atoms with Crippen LogP contribution in [0.5, 0.6) is 0 Å². The van der Waals surface area contributed by atoms with Crippen molar-refractivity contribution >= 4 is 5.69 Å². The van der Waals surface area contributed by atoms with Gasteiger partial charge in [0.15, 0.2) is 0 Å². The summed E-state index contributed by atoms with van der Waals surface area (Å²) in [6.07, 6.45) is 7.10. The average Bonchev–Trinajstić information content (AvgIpc) is 2.66. The third-order valence-corrected chi connectivity index (χ3v) is 3.91. The van der Waals surface area contributed by atoms with Gasteiger partial charge in [0.25, 0.3) is 5.69 Å². The summed E-state index contributed by atoms with van der Waals surface area (Å²) < 4.78 is 0. The standard InChI is InChI=1S/C15H22N2O2/c1-12-6-7-13(11-15(12)17(18)19)8-9-14-5-3-2-4-10-16-14/h6-7,11,14,16H,2-5,8-10H2,1H3. The van der Waals surface area contributed by atoms with Gasteiger partial charge >= 0.3 is 0 Å². The number of aryl methyl sites for hydroxylation is 2. The van der Waals surface area contributed by atoms with Crippen LogP contribution in [0, 0.1) is 17.0 Å². The normalized spacial score (nSPS) is 19.9. The van der Waals surface area contributed by atoms with Crippen LogP contribution in [0.4, 0.5) is 5.69 Å². The summed E-state index contributed by atoms with van der Waals surface area (Å²) in [5.74, 6) is 0. The van der Waals surface area contributed by atoms with E-state index in [2.05, 4.69) is 5.32 Å². The molecule has 2 rings (SSSR count). The number of hydrogen-bond acceptors (Lipinski definition) is 3. The first-order chi connectivity index (χ1) is 9.16. The van der Waals surface area contributed by atoms with Crippen LogP contribution in [0.2, 0.25) is 0 Å². The van der Waals surface area contributed by atoms with Crippen LogP contribution in [0.15, 0.2) is 18.2 Å². The number of nitro groups is 1. The maximum Gasteiger partial charge on any atom is 0.272 e. The van der Waals surface area contributed by atoms with Crippen molar-refractivity contribution in [3.8, 4) is 0 Å². The van der Waals surface area contributed by atoms with Gasteiger partial charge in [0.2, 0.25) is 0 Å². The van der Waals surface area contributed by atoms with Gasteiger partial charge in [0, 0.05) is 17.7 Å². The van der Waals surface area contributed by atoms with Crippen molar-refractivity contribution in [2.24, 2.45) is 0 Å². The summed E-state index contributed by atoms with van der Waals surface area (Å²) >= 11 is 0. The predicted octanol–water partition coefficient (Wildman–Crippen LogP) is 3.37. The zero-order valence-electron chi connectivity index (χ0n) is 11.5. The number of benzene rings is 1. The molecule has 1 aliphatic heterocycles. The second kappa shape index (κ2) is 6.66. The first-order valence-corrected chi connectivity index (χ1v) is 7.14. The van der Waals surface area contributed by atoms with Crippen LogP contribution < -0.4 is 5.32 Å². The minimum Gasteiger partial charge on any atom is -0.314 e. The molecular weight excluding hydrogens is 240 g/mol. The Morgan fingerprint density at radius 3 is 3.00 bits per heavy atom. The van der Waals surface area contributed by atoms with E-state index in [1.54, 1.807) is 13.0 Å². The maximum atomic E-state index is 10.9. The van der Waals surface area contributed by atoms with E-state index in [-0.39, 0.29) is 10.6 Å². The molecule has 0 aliphatic carbocycles. The van der Waals surface area contributed by atoms with Gasteiger partial charge in [-0.1, -0.05) is 25.0 Å². The molecule has 4 heteroatoms. The third kappa shape index (κ3) is 4.03. The quantitative estimate of drug-likeness (QED) is 0.668. The topological polar surface area (TPSA) is 55.2 Å². The molecule has 0 aromatic heterocycles. The van der Waals surface area contributed by atoms with Crippen LogP contribution in [-0.4, -0.2) is 17.5 Å². The minimum atomic E-state index is -0.289. The van der Waals surface area contributed by atoms with Crippen LogP contribution in [-0.2, 0) is 6.42 Å². The Labute approximate surface area is 114 Å². The Morgan fingerprint density at radius 2 is 2.21 bits per heavy atom. The van der Waals surface area contributed by atoms with Gasteiger partial charge in [-0.05, 0) is 44.7 Å². The molecular formula is C15H22N2O2. The van der Waals surface area contributed by atoms with Crippen LogP contribution in [0.25, 0.3) is 0 Å². The van der Waals surface area contributed by atoms with Crippen molar-refractivity contribution in [2.75, 3.05) is 6.54 Å². The summed E-state index contributed by atoms with van der Waals surface area (Å²) in [6.45, 7) is 2.90. The lowest BCUT2D eigenvalue weighted by Crippen LogP contribution is -2.28. The summed E-state index contributed by atoms with van der Waals surface area (Å²) in [4.78, 5) is 10.6. The molecule has 1 unspecified atom stereocenters. The molecule has 1 saturated heterocycles. The maximum absolute atomic E-state index is 10.9. The lowest BCUT2D eigenvalue weighted by molar-refractivity contribution is -0.385. The smallest absolute Gasteiger partial charge is 0.272 e. The molecule has 1 aliphatic rings. The first kappa shape index (κ1) is 14.0. The van der Waals surface area contributed by atoms with Gasteiger partial charge in [-0.3, -0.25) is 10.1 Å². The summed E-state index contributed by atoms with van der Waals surface area (Å²) in [5, 5.41) is 14.5. The average molecular weight is 262 g/mol. The fourth-order valence-electron chi connectivity index (χ4n) is 2.70. The van der Waals surface area contributed by atoms with E-state index in [0.29, 0.717) is 6.04 Å². The number of nitrogens with one attached hydrogen (secondary N) is 1. The van der Waals surface area contributed by atoms with Gasteiger partial charge in [-0.25, -0.2) is 0 Å². The van der Waals surface area contributed by atoms with Gasteiger partial charge in [-0.15, -0.1) is 0 Å². The zero-order chi connectivity index (χ0) is 13.7. The Morgan fingerprint density at radius 1 is 1.37 bits per heavy atom. The Balaban J connectivity index is 1.95. The molecule has 0 saturated carbocycles. The van der Waals surface area contributed by atoms with Crippen molar-refractivity contribution in [2.45, 2.75) is 51.5 Å². The summed E-state index contributed by atoms with van der Waals surface area (Å²) in [5.41, 5.74) is 2.05. The third-order valence-electron chi connectivity index (χ3n) is 3.91. The van der Waals surface area contributed by atoms with E-state index >= 15 is 0 Å². The van der Waals surface area contributed by atoms with E-state index in [4.69, 9.17) is 0 Å². The lowest BCUT2D eigenvalue weighted by Gasteiger charge is -2.15. The van der Waals surface area contributed by atoms with E-state index in [1.165, 1.54) is 25.7 Å². The Bertz CT molecular complexity index is 438. The lowest BCUT2D eigenvalue weighted by atomic mass is 10.0. The van der Waals surface area contributed by atoms with Crippen LogP contribution in [0.1, 0.15) is 43.2 Å². The number of nitrogens with zero attached hydrogens (tertiary/aromatic N) is 1. The van der Waals surface area contributed by atoms with Gasteiger partial charge in [0.05, 0.1) is 4.92 Å². The zero-order valence-corrected chi connectivity index (χ0v) is 11.5. The van der Waals surface area contributed by atoms with Crippen LogP contribution in [0.3, 0.4) is 0 Å². The fourth-order valence-corrected chi connectivity index (χ4v) is 2.70. The van der Waals surface area contributed by atoms with Crippen molar-refractivity contribution in [3.63, 3.8) is 0 Å². The predicted molar refractivity (Wildman–Crippen MR) is 76.4 cm³/mol. The Hall–Kier alpha value is -1.42. The van der Waals surface area contributed by atoms with Crippen molar-refractivity contribution in [1.82, 2.24) is 5.32 Å². The molecule has 1 N–H and O–H groups in total. The monoisotopic (exact) mass is 262 g/mol. The molecule has 0 spiro atoms. The van der Waals surface area contributed by atoms with Gasteiger partial charge in [-0.2, -0.15) is 0 Å². The van der Waals surface area contributed by atoms with Crippen molar-refractivity contribution in [3.05, 3.63) is 39.4 Å². The van der Waals surface area contributed by atoms with Crippen molar-refractivity contribution in [1.29, 1.82) is 0 Å². The minimum absolute atomic E-state index is 0.242. The number of nitro benzene ring substituents is 1. The molecule has 0 amide bonds. The molecule has 0 bridgehead atoms. The molecule has 1 fully saturated rings. The molecule has 1 atom stereocenters. The summed E-state index contributed by atoms with van der Waals surface area (Å²) in [7, 11) is 0. The van der Waals surface area contributed by atoms with Crippen molar-refractivity contribution < 1.29 is 4.92 Å². The van der Waals surface area contributed by atoms with E-state index in [1.807, 2.05) is 12.1 Å². The molecule has 1 heterocycles. The summed E-state index contributed by atoms with van der Waals surface area (Å²) in [6, 6.07) is 6.17. The molecule has 0 radical (unpaired) electrons. The van der Waals surface area contributed by atoms with Gasteiger partial charge in [0.1, 0.15) is 0 Å². The molecule has 1 aromatic rings. The van der Waals surface area contributed by atoms with Crippen LogP contribution >= 0.6 is 0 Å². The Kier molecular flexibility index (Phi) is 4.91. The highest BCUT2D eigenvalue weighted by Gasteiger charge is 2.14. The highest BCUT2D eigenvalue weighted by Crippen LogP contribution is 2.21. The fraction of sp³-hybridized carbons (Fsp3) is 0.600. The molecule has 1 aromatic carbocycles. The second-order valence-corrected chi connectivity index (χ2v) is 5.42. The first-order valence-electron chi connectivity index (χ1n) is 7.14. The van der Waals surface area contributed by atoms with E-state index in [9.17, 15) is 10.1 Å². The molecule has 4 nitrogen and oxygen atoms in total. The molecule has 104 valence electrons. The number of rotatable bonds is 4. The second-order valence-electron chi connectivity index (χ2n) is 5.42. The highest BCUT2D eigenvalue weighted by atomic mass is 16.6.